The highest BCUT2D eigenvalue weighted by atomic mass is 16.3. The monoisotopic (exact) mass is 570 g/mol. The van der Waals surface area contributed by atoms with E-state index in [-0.39, 0.29) is 12.1 Å². The summed E-state index contributed by atoms with van der Waals surface area (Å²) in [6, 6.07) is 40.3. The van der Waals surface area contributed by atoms with Crippen LogP contribution in [0.1, 0.15) is 50.5 Å². The first-order valence-electron chi connectivity index (χ1n) is 16.0. The number of aryl methyl sites for hydroxylation is 1. The number of furan rings is 1. The van der Waals surface area contributed by atoms with Gasteiger partial charge in [0.15, 0.2) is 0 Å². The topological polar surface area (TPSA) is 19.6 Å². The summed E-state index contributed by atoms with van der Waals surface area (Å²) in [6.07, 6.45) is 4.47. The summed E-state index contributed by atoms with van der Waals surface area (Å²) in [5.41, 5.74) is 13.8. The molecule has 0 atom stereocenters. The third-order valence-corrected chi connectivity index (χ3v) is 9.94. The summed E-state index contributed by atoms with van der Waals surface area (Å²) < 4.78 is 7.03. The molecule has 0 fully saturated rings. The van der Waals surface area contributed by atoms with Crippen LogP contribution in [0.25, 0.3) is 10.8 Å². The van der Waals surface area contributed by atoms with Crippen LogP contribution in [0.4, 0.5) is 34.1 Å². The Labute approximate surface area is 259 Å². The van der Waals surface area contributed by atoms with Crippen molar-refractivity contribution in [1.82, 2.24) is 0 Å². The Bertz CT molecular complexity index is 2080. The molecule has 3 heterocycles. The molecule has 9 rings (SSSR count). The third kappa shape index (κ3) is 3.63. The van der Waals surface area contributed by atoms with Crippen molar-refractivity contribution in [2.45, 2.75) is 51.9 Å². The first kappa shape index (κ1) is 25.8. The number of anilines is 6. The van der Waals surface area contributed by atoms with Gasteiger partial charge in [0.05, 0.1) is 17.0 Å². The molecule has 0 N–H and O–H groups in total. The van der Waals surface area contributed by atoms with Gasteiger partial charge in [0.25, 0.3) is 6.71 Å². The summed E-state index contributed by atoms with van der Waals surface area (Å²) in [6.45, 7) is 7.02. The van der Waals surface area contributed by atoms with Crippen molar-refractivity contribution in [3.63, 3.8) is 0 Å². The van der Waals surface area contributed by atoms with Gasteiger partial charge in [-0.1, -0.05) is 93.6 Å². The molecule has 44 heavy (non-hydrogen) atoms. The molecule has 1 aliphatic carbocycles. The molecular formula is C40H35BN2O. The normalized spacial score (nSPS) is 15.1. The van der Waals surface area contributed by atoms with Gasteiger partial charge in [-0.3, -0.25) is 0 Å². The first-order valence-corrected chi connectivity index (χ1v) is 16.0. The van der Waals surface area contributed by atoms with Crippen molar-refractivity contribution in [1.29, 1.82) is 0 Å². The van der Waals surface area contributed by atoms with Crippen LogP contribution in [0.2, 0.25) is 0 Å². The van der Waals surface area contributed by atoms with Crippen LogP contribution in [0, 0.1) is 0 Å². The Morgan fingerprint density at radius 1 is 0.659 bits per heavy atom. The number of hydrogen-bond acceptors (Lipinski definition) is 3. The molecule has 5 aromatic carbocycles. The number of rotatable bonds is 2. The van der Waals surface area contributed by atoms with Crippen molar-refractivity contribution in [2.24, 2.45) is 0 Å². The SMILES string of the molecule is CC(C)(C)c1cc2c3c(c1)N(c1cccc4ccccc14)c1ccccc1B3c1oc3c(c1N2c1ccccc1)CCCC3. The van der Waals surface area contributed by atoms with E-state index in [9.17, 15) is 0 Å². The average molecular weight is 571 g/mol. The summed E-state index contributed by atoms with van der Waals surface area (Å²) in [7, 11) is 0. The Hall–Kier alpha value is -4.70. The van der Waals surface area contributed by atoms with Crippen LogP contribution in [-0.4, -0.2) is 6.71 Å². The molecular weight excluding hydrogens is 535 g/mol. The van der Waals surface area contributed by atoms with Crippen LogP contribution in [-0.2, 0) is 18.3 Å². The Morgan fingerprint density at radius 2 is 1.34 bits per heavy atom. The lowest BCUT2D eigenvalue weighted by Crippen LogP contribution is -2.61. The zero-order valence-corrected chi connectivity index (χ0v) is 25.6. The first-order chi connectivity index (χ1) is 21.5. The average Bonchev–Trinajstić information content (AvgIpc) is 3.43. The highest BCUT2D eigenvalue weighted by Gasteiger charge is 2.48. The molecule has 3 nitrogen and oxygen atoms in total. The Morgan fingerprint density at radius 3 is 2.18 bits per heavy atom. The maximum absolute atomic E-state index is 7.03. The van der Waals surface area contributed by atoms with Gasteiger partial charge in [-0.25, -0.2) is 0 Å². The number of benzene rings is 5. The number of para-hydroxylation sites is 2. The van der Waals surface area contributed by atoms with Gasteiger partial charge >= 0.3 is 0 Å². The largest absolute Gasteiger partial charge is 0.473 e. The quantitative estimate of drug-likeness (QED) is 0.194. The number of nitrogens with zero attached hydrogens (tertiary/aromatic N) is 2. The lowest BCUT2D eigenvalue weighted by atomic mass is 9.35. The second-order valence-corrected chi connectivity index (χ2v) is 13.6. The van der Waals surface area contributed by atoms with E-state index in [1.165, 1.54) is 85.6 Å². The van der Waals surface area contributed by atoms with Gasteiger partial charge in [-0.15, -0.1) is 0 Å². The number of hydrogen-bond donors (Lipinski definition) is 0. The van der Waals surface area contributed by atoms with Crippen LogP contribution < -0.4 is 26.4 Å². The Balaban J connectivity index is 1.43. The molecule has 0 unspecified atom stereocenters. The smallest absolute Gasteiger partial charge is 0.297 e. The lowest BCUT2D eigenvalue weighted by molar-refractivity contribution is 0.497. The zero-order chi connectivity index (χ0) is 29.6. The zero-order valence-electron chi connectivity index (χ0n) is 25.6. The van der Waals surface area contributed by atoms with E-state index in [0.717, 1.165) is 18.5 Å². The predicted molar refractivity (Wildman–Crippen MR) is 186 cm³/mol. The molecule has 6 aromatic rings. The predicted octanol–water partition coefficient (Wildman–Crippen LogP) is 8.69. The fourth-order valence-corrected chi connectivity index (χ4v) is 7.85. The van der Waals surface area contributed by atoms with Crippen LogP contribution in [0.3, 0.4) is 0 Å². The van der Waals surface area contributed by atoms with Crippen LogP contribution in [0.5, 0.6) is 0 Å². The molecule has 4 heteroatoms. The van der Waals surface area contributed by atoms with E-state index in [1.54, 1.807) is 0 Å². The maximum atomic E-state index is 7.03. The summed E-state index contributed by atoms with van der Waals surface area (Å²) in [5, 5.41) is 2.50. The fraction of sp³-hybridized carbons (Fsp3) is 0.200. The van der Waals surface area contributed by atoms with Crippen molar-refractivity contribution < 1.29 is 4.42 Å². The molecule has 3 aliphatic rings. The standard InChI is InChI=1S/C40H35BN2O/c1-40(2,3)27-24-34-37-35(25-27)43(32-22-13-15-26-14-7-8-18-29(26)32)33-21-11-10-20-31(33)41(37)39-38(30-19-9-12-23-36(30)44-39)42(34)28-16-5-4-6-17-28/h4-8,10-11,13-18,20-22,24-25H,9,12,19,23H2,1-3H3. The van der Waals surface area contributed by atoms with Gasteiger partial charge in [0.1, 0.15) is 5.76 Å². The molecule has 0 amide bonds. The summed E-state index contributed by atoms with van der Waals surface area (Å²) in [5.74, 6) is 1.18. The van der Waals surface area contributed by atoms with Gasteiger partial charge in [-0.2, -0.15) is 0 Å². The van der Waals surface area contributed by atoms with Crippen LogP contribution >= 0.6 is 0 Å². The molecule has 1 aromatic heterocycles. The molecule has 2 aliphatic heterocycles. The second kappa shape index (κ2) is 9.40. The maximum Gasteiger partial charge on any atom is 0.297 e. The molecule has 0 spiro atoms. The minimum Gasteiger partial charge on any atom is -0.473 e. The Kier molecular flexibility index (Phi) is 5.51. The van der Waals surface area contributed by atoms with Gasteiger partial charge in [0.2, 0.25) is 0 Å². The van der Waals surface area contributed by atoms with E-state index in [2.05, 4.69) is 140 Å². The molecule has 0 radical (unpaired) electrons. The highest BCUT2D eigenvalue weighted by Crippen LogP contribution is 2.49. The van der Waals surface area contributed by atoms with Gasteiger partial charge in [0, 0.05) is 40.1 Å². The lowest BCUT2D eigenvalue weighted by Gasteiger charge is -2.43. The van der Waals surface area contributed by atoms with Gasteiger partial charge < -0.3 is 14.2 Å². The van der Waals surface area contributed by atoms with Crippen molar-refractivity contribution in [2.75, 3.05) is 9.80 Å². The van der Waals surface area contributed by atoms with E-state index in [4.69, 9.17) is 4.42 Å². The molecule has 214 valence electrons. The van der Waals surface area contributed by atoms with Gasteiger partial charge in [-0.05, 0) is 83.0 Å². The molecule has 0 saturated heterocycles. The second-order valence-electron chi connectivity index (χ2n) is 13.6. The van der Waals surface area contributed by atoms with E-state index in [1.807, 2.05) is 0 Å². The van der Waals surface area contributed by atoms with Crippen molar-refractivity contribution in [3.8, 4) is 0 Å². The highest BCUT2D eigenvalue weighted by molar-refractivity contribution is 6.99. The van der Waals surface area contributed by atoms with Crippen LogP contribution in [0.15, 0.2) is 114 Å². The third-order valence-electron chi connectivity index (χ3n) is 9.94. The molecule has 0 saturated carbocycles. The summed E-state index contributed by atoms with van der Waals surface area (Å²) in [4.78, 5) is 5.06. The summed E-state index contributed by atoms with van der Waals surface area (Å²) >= 11 is 0. The minimum absolute atomic E-state index is 0.0250. The van der Waals surface area contributed by atoms with Crippen molar-refractivity contribution in [3.05, 3.63) is 126 Å². The van der Waals surface area contributed by atoms with E-state index >= 15 is 0 Å². The van der Waals surface area contributed by atoms with E-state index in [0.29, 0.717) is 0 Å². The molecule has 0 bridgehead atoms. The van der Waals surface area contributed by atoms with E-state index < -0.39 is 0 Å². The van der Waals surface area contributed by atoms with Crippen molar-refractivity contribution >= 4 is 68.2 Å². The number of fused-ring (bicyclic) bond motifs is 7. The minimum atomic E-state index is -0.0408. The fourth-order valence-electron chi connectivity index (χ4n) is 7.85.